The number of benzene rings is 1. The first-order valence-electron chi connectivity index (χ1n) is 7.90. The predicted octanol–water partition coefficient (Wildman–Crippen LogP) is 3.44. The van der Waals surface area contributed by atoms with Gasteiger partial charge in [-0.3, -0.25) is 9.78 Å². The highest BCUT2D eigenvalue weighted by molar-refractivity contribution is 7.98. The molecule has 1 saturated carbocycles. The normalized spacial score (nSPS) is 20.4. The third-order valence-corrected chi connectivity index (χ3v) is 5.24. The summed E-state index contributed by atoms with van der Waals surface area (Å²) in [5, 5.41) is 2.98. The minimum atomic E-state index is -0.0466. The summed E-state index contributed by atoms with van der Waals surface area (Å²) < 4.78 is 0. The number of pyridine rings is 1. The molecule has 0 aliphatic heterocycles. The summed E-state index contributed by atoms with van der Waals surface area (Å²) in [4.78, 5) is 17.5. The molecule has 4 nitrogen and oxygen atoms in total. The molecule has 0 radical (unpaired) electrons. The minimum absolute atomic E-state index is 0.00399. The Bertz CT molecular complexity index is 645. The first kappa shape index (κ1) is 16.0. The van der Waals surface area contributed by atoms with E-state index in [0.29, 0.717) is 0 Å². The van der Waals surface area contributed by atoms with Crippen LogP contribution in [-0.4, -0.2) is 16.9 Å². The van der Waals surface area contributed by atoms with Crippen molar-refractivity contribution in [3.63, 3.8) is 0 Å². The van der Waals surface area contributed by atoms with Gasteiger partial charge in [0, 0.05) is 34.8 Å². The molecule has 1 amide bonds. The molecule has 2 atom stereocenters. The maximum atomic E-state index is 12.2. The standard InChI is InChI=1S/C18H21N3OS/c19-17-5-1-4-16(17)18(22)21-14-6-8-15(9-7-14)23-12-13-3-2-10-20-11-13/h2-3,6-11,16-17H,1,4-5,12,19H2,(H,21,22). The van der Waals surface area contributed by atoms with Crippen molar-refractivity contribution in [2.24, 2.45) is 11.7 Å². The Morgan fingerprint density at radius 2 is 2.09 bits per heavy atom. The second kappa shape index (κ2) is 7.62. The summed E-state index contributed by atoms with van der Waals surface area (Å²) in [6, 6.07) is 12.0. The fraction of sp³-hybridized carbons (Fsp3) is 0.333. The van der Waals surface area contributed by atoms with E-state index in [1.807, 2.05) is 36.5 Å². The molecule has 1 aromatic carbocycles. The lowest BCUT2D eigenvalue weighted by molar-refractivity contribution is -0.120. The number of carbonyl (C=O) groups excluding carboxylic acids is 1. The number of nitrogens with zero attached hydrogens (tertiary/aromatic N) is 1. The Morgan fingerprint density at radius 3 is 2.74 bits per heavy atom. The number of hydrogen-bond acceptors (Lipinski definition) is 4. The zero-order valence-electron chi connectivity index (χ0n) is 12.9. The highest BCUT2D eigenvalue weighted by Crippen LogP contribution is 2.27. The van der Waals surface area contributed by atoms with E-state index in [-0.39, 0.29) is 17.9 Å². The highest BCUT2D eigenvalue weighted by atomic mass is 32.2. The third-order valence-electron chi connectivity index (χ3n) is 4.16. The van der Waals surface area contributed by atoms with Crippen LogP contribution in [0, 0.1) is 5.92 Å². The number of aromatic nitrogens is 1. The summed E-state index contributed by atoms with van der Waals surface area (Å²) in [5.41, 5.74) is 8.02. The maximum Gasteiger partial charge on any atom is 0.229 e. The van der Waals surface area contributed by atoms with Crippen LogP contribution < -0.4 is 11.1 Å². The average molecular weight is 327 g/mol. The summed E-state index contributed by atoms with van der Waals surface area (Å²) in [6.45, 7) is 0. The van der Waals surface area contributed by atoms with Crippen LogP contribution >= 0.6 is 11.8 Å². The van der Waals surface area contributed by atoms with Crippen LogP contribution in [0.2, 0.25) is 0 Å². The van der Waals surface area contributed by atoms with Crippen molar-refractivity contribution in [2.45, 2.75) is 36.0 Å². The number of thioether (sulfide) groups is 1. The number of hydrogen-bond donors (Lipinski definition) is 2. The molecule has 23 heavy (non-hydrogen) atoms. The van der Waals surface area contributed by atoms with E-state index in [1.165, 1.54) is 10.5 Å². The molecule has 1 heterocycles. The summed E-state index contributed by atoms with van der Waals surface area (Å²) in [6.07, 6.45) is 6.55. The second-order valence-electron chi connectivity index (χ2n) is 5.86. The summed E-state index contributed by atoms with van der Waals surface area (Å²) in [7, 11) is 0. The van der Waals surface area contributed by atoms with Gasteiger partial charge >= 0.3 is 0 Å². The van der Waals surface area contributed by atoms with Crippen molar-refractivity contribution >= 4 is 23.4 Å². The molecular formula is C18H21N3OS. The van der Waals surface area contributed by atoms with Crippen LogP contribution in [0.5, 0.6) is 0 Å². The van der Waals surface area contributed by atoms with E-state index in [2.05, 4.69) is 16.4 Å². The summed E-state index contributed by atoms with van der Waals surface area (Å²) >= 11 is 1.75. The number of rotatable bonds is 5. The molecule has 2 aromatic rings. The van der Waals surface area contributed by atoms with Crippen LogP contribution in [0.3, 0.4) is 0 Å². The highest BCUT2D eigenvalue weighted by Gasteiger charge is 2.30. The van der Waals surface area contributed by atoms with Crippen LogP contribution in [-0.2, 0) is 10.5 Å². The van der Waals surface area contributed by atoms with E-state index in [0.717, 1.165) is 30.7 Å². The Balaban J connectivity index is 1.53. The zero-order valence-corrected chi connectivity index (χ0v) is 13.8. The second-order valence-corrected chi connectivity index (χ2v) is 6.91. The SMILES string of the molecule is NC1CCCC1C(=O)Nc1ccc(SCc2cccnc2)cc1. The van der Waals surface area contributed by atoms with Gasteiger partial charge in [0.15, 0.2) is 0 Å². The number of amides is 1. The van der Waals surface area contributed by atoms with Crippen molar-refractivity contribution in [1.82, 2.24) is 4.98 Å². The summed E-state index contributed by atoms with van der Waals surface area (Å²) in [5.74, 6) is 0.886. The minimum Gasteiger partial charge on any atom is -0.327 e. The number of nitrogens with one attached hydrogen (secondary N) is 1. The van der Waals surface area contributed by atoms with Gasteiger partial charge in [-0.15, -0.1) is 11.8 Å². The van der Waals surface area contributed by atoms with Crippen molar-refractivity contribution in [3.05, 3.63) is 54.4 Å². The zero-order chi connectivity index (χ0) is 16.1. The Labute approximate surface area is 140 Å². The molecule has 0 saturated heterocycles. The molecular weight excluding hydrogens is 306 g/mol. The number of carbonyl (C=O) groups is 1. The van der Waals surface area contributed by atoms with E-state index in [4.69, 9.17) is 5.73 Å². The van der Waals surface area contributed by atoms with Crippen molar-refractivity contribution in [2.75, 3.05) is 5.32 Å². The van der Waals surface area contributed by atoms with Gasteiger partial charge in [-0.25, -0.2) is 0 Å². The topological polar surface area (TPSA) is 68.0 Å². The molecule has 2 unspecified atom stereocenters. The number of anilines is 1. The van der Waals surface area contributed by atoms with Gasteiger partial charge in [0.25, 0.3) is 0 Å². The van der Waals surface area contributed by atoms with Crippen molar-refractivity contribution in [3.8, 4) is 0 Å². The van der Waals surface area contributed by atoms with Gasteiger partial charge in [-0.2, -0.15) is 0 Å². The quantitative estimate of drug-likeness (QED) is 0.826. The van der Waals surface area contributed by atoms with Crippen LogP contribution in [0.1, 0.15) is 24.8 Å². The molecule has 3 N–H and O–H groups in total. The van der Waals surface area contributed by atoms with Gasteiger partial charge in [-0.05, 0) is 48.7 Å². The molecule has 120 valence electrons. The van der Waals surface area contributed by atoms with E-state index < -0.39 is 0 Å². The molecule has 1 aromatic heterocycles. The lowest BCUT2D eigenvalue weighted by Crippen LogP contribution is -2.34. The Kier molecular flexibility index (Phi) is 5.31. The predicted molar refractivity (Wildman–Crippen MR) is 94.2 cm³/mol. The van der Waals surface area contributed by atoms with E-state index in [1.54, 1.807) is 18.0 Å². The molecule has 5 heteroatoms. The third kappa shape index (κ3) is 4.33. The smallest absolute Gasteiger partial charge is 0.229 e. The van der Waals surface area contributed by atoms with Crippen LogP contribution in [0.4, 0.5) is 5.69 Å². The monoisotopic (exact) mass is 327 g/mol. The molecule has 0 bridgehead atoms. The molecule has 1 aliphatic carbocycles. The average Bonchev–Trinajstić information content (AvgIpc) is 3.01. The fourth-order valence-corrected chi connectivity index (χ4v) is 3.67. The van der Waals surface area contributed by atoms with Crippen LogP contribution in [0.15, 0.2) is 53.7 Å². The Hall–Kier alpha value is -1.85. The van der Waals surface area contributed by atoms with Gasteiger partial charge in [0.1, 0.15) is 0 Å². The molecule has 1 fully saturated rings. The van der Waals surface area contributed by atoms with Gasteiger partial charge in [-0.1, -0.05) is 12.5 Å². The molecule has 1 aliphatic rings. The number of nitrogens with two attached hydrogens (primary N) is 1. The van der Waals surface area contributed by atoms with Gasteiger partial charge < -0.3 is 11.1 Å². The van der Waals surface area contributed by atoms with E-state index in [9.17, 15) is 4.79 Å². The maximum absolute atomic E-state index is 12.2. The fourth-order valence-electron chi connectivity index (χ4n) is 2.83. The first-order chi connectivity index (χ1) is 11.2. The first-order valence-corrected chi connectivity index (χ1v) is 8.89. The van der Waals surface area contributed by atoms with E-state index >= 15 is 0 Å². The largest absolute Gasteiger partial charge is 0.327 e. The van der Waals surface area contributed by atoms with Gasteiger partial charge in [0.2, 0.25) is 5.91 Å². The lowest BCUT2D eigenvalue weighted by atomic mass is 10.0. The lowest BCUT2D eigenvalue weighted by Gasteiger charge is -2.15. The van der Waals surface area contributed by atoms with Gasteiger partial charge in [0.05, 0.1) is 5.92 Å². The van der Waals surface area contributed by atoms with Crippen LogP contribution in [0.25, 0.3) is 0 Å². The van der Waals surface area contributed by atoms with Crippen molar-refractivity contribution < 1.29 is 4.79 Å². The molecule has 0 spiro atoms. The molecule has 3 rings (SSSR count). The Morgan fingerprint density at radius 1 is 1.26 bits per heavy atom. The van der Waals surface area contributed by atoms with Crippen molar-refractivity contribution in [1.29, 1.82) is 0 Å².